The van der Waals surface area contributed by atoms with Gasteiger partial charge >= 0.3 is 6.09 Å². The number of amides is 2. The van der Waals surface area contributed by atoms with Gasteiger partial charge in [0.05, 0.1) is 19.2 Å². The summed E-state index contributed by atoms with van der Waals surface area (Å²) in [4.78, 5) is 28.1. The van der Waals surface area contributed by atoms with Crippen LogP contribution in [-0.4, -0.2) is 66.3 Å². The van der Waals surface area contributed by atoms with E-state index >= 15 is 0 Å². The van der Waals surface area contributed by atoms with Crippen molar-refractivity contribution in [3.05, 3.63) is 30.0 Å². The van der Waals surface area contributed by atoms with Crippen LogP contribution in [-0.2, 0) is 11.8 Å². The Morgan fingerprint density at radius 1 is 1.08 bits per heavy atom. The summed E-state index contributed by atoms with van der Waals surface area (Å²) in [5.74, 6) is 0.733. The number of fused-ring (bicyclic) bond motifs is 1. The van der Waals surface area contributed by atoms with Gasteiger partial charge in [-0.2, -0.15) is 0 Å². The normalized spacial score (nSPS) is 14.7. The second-order valence-corrected chi connectivity index (χ2v) is 5.99. The zero-order valence-electron chi connectivity index (χ0n) is 14.8. The molecule has 0 unspecified atom stereocenters. The Hall–Kier alpha value is -2.70. The molecule has 134 valence electrons. The summed E-state index contributed by atoms with van der Waals surface area (Å²) in [6.45, 7) is 4.12. The van der Waals surface area contributed by atoms with Gasteiger partial charge in [0.25, 0.3) is 5.91 Å². The van der Waals surface area contributed by atoms with Gasteiger partial charge in [0.2, 0.25) is 0 Å². The molecule has 7 nitrogen and oxygen atoms in total. The molecule has 1 aromatic carbocycles. The molecule has 1 fully saturated rings. The summed E-state index contributed by atoms with van der Waals surface area (Å²) >= 11 is 0. The molecule has 1 aliphatic rings. The Bertz CT molecular complexity index is 791. The molecule has 0 saturated carbocycles. The Balaban J connectivity index is 1.75. The van der Waals surface area contributed by atoms with Gasteiger partial charge in [0.15, 0.2) is 0 Å². The predicted octanol–water partition coefficient (Wildman–Crippen LogP) is 2.10. The third-order valence-corrected chi connectivity index (χ3v) is 4.56. The Kier molecular flexibility index (Phi) is 4.83. The van der Waals surface area contributed by atoms with E-state index in [0.29, 0.717) is 38.5 Å². The van der Waals surface area contributed by atoms with Gasteiger partial charge in [-0.15, -0.1) is 0 Å². The molecular formula is C18H23N3O4. The maximum Gasteiger partial charge on any atom is 0.409 e. The smallest absolute Gasteiger partial charge is 0.409 e. The van der Waals surface area contributed by atoms with Crippen molar-refractivity contribution >= 4 is 22.9 Å². The van der Waals surface area contributed by atoms with E-state index in [0.717, 1.165) is 16.7 Å². The molecule has 2 amide bonds. The van der Waals surface area contributed by atoms with Crippen molar-refractivity contribution in [1.82, 2.24) is 14.4 Å². The van der Waals surface area contributed by atoms with Crippen LogP contribution in [0.1, 0.15) is 17.4 Å². The highest BCUT2D eigenvalue weighted by molar-refractivity contribution is 5.99. The monoisotopic (exact) mass is 345 g/mol. The van der Waals surface area contributed by atoms with Gasteiger partial charge in [-0.25, -0.2) is 4.79 Å². The van der Waals surface area contributed by atoms with Crippen molar-refractivity contribution in [1.29, 1.82) is 0 Å². The highest BCUT2D eigenvalue weighted by Gasteiger charge is 2.27. The molecule has 2 aromatic rings. The lowest BCUT2D eigenvalue weighted by molar-refractivity contribution is 0.0563. The minimum atomic E-state index is -0.314. The predicted molar refractivity (Wildman–Crippen MR) is 94.0 cm³/mol. The van der Waals surface area contributed by atoms with E-state index in [-0.39, 0.29) is 12.0 Å². The molecule has 0 atom stereocenters. The van der Waals surface area contributed by atoms with Crippen molar-refractivity contribution in [2.45, 2.75) is 6.92 Å². The number of ether oxygens (including phenoxy) is 2. The third-order valence-electron chi connectivity index (χ3n) is 4.56. The molecule has 2 heterocycles. The molecule has 1 aliphatic heterocycles. The number of aromatic nitrogens is 1. The number of benzene rings is 1. The van der Waals surface area contributed by atoms with Gasteiger partial charge < -0.3 is 23.8 Å². The van der Waals surface area contributed by atoms with Crippen LogP contribution in [0.3, 0.4) is 0 Å². The number of carbonyl (C=O) groups is 2. The number of nitrogens with zero attached hydrogens (tertiary/aromatic N) is 3. The average molecular weight is 345 g/mol. The van der Waals surface area contributed by atoms with Crippen molar-refractivity contribution in [2.24, 2.45) is 7.05 Å². The molecule has 0 radical (unpaired) electrons. The first kappa shape index (κ1) is 17.1. The number of piperazine rings is 1. The van der Waals surface area contributed by atoms with Crippen LogP contribution in [0, 0.1) is 0 Å². The third kappa shape index (κ3) is 3.26. The molecule has 0 spiro atoms. The topological polar surface area (TPSA) is 64.0 Å². The highest BCUT2D eigenvalue weighted by atomic mass is 16.6. The van der Waals surface area contributed by atoms with E-state index in [1.165, 1.54) is 0 Å². The number of methoxy groups -OCH3 is 1. The number of rotatable bonds is 3. The fourth-order valence-corrected chi connectivity index (χ4v) is 3.11. The van der Waals surface area contributed by atoms with Gasteiger partial charge in [-0.1, -0.05) is 0 Å². The zero-order chi connectivity index (χ0) is 18.0. The van der Waals surface area contributed by atoms with Crippen LogP contribution < -0.4 is 4.74 Å². The average Bonchev–Trinajstić information content (AvgIpc) is 2.97. The number of carbonyl (C=O) groups excluding carboxylic acids is 2. The fraction of sp³-hybridized carbons (Fsp3) is 0.444. The van der Waals surface area contributed by atoms with Crippen molar-refractivity contribution in [3.8, 4) is 5.75 Å². The lowest BCUT2D eigenvalue weighted by atomic mass is 10.2. The van der Waals surface area contributed by atoms with Crippen molar-refractivity contribution in [2.75, 3.05) is 39.9 Å². The molecule has 1 saturated heterocycles. The zero-order valence-corrected chi connectivity index (χ0v) is 14.8. The van der Waals surface area contributed by atoms with Gasteiger partial charge in [-0.05, 0) is 25.1 Å². The first-order chi connectivity index (χ1) is 12.0. The molecule has 1 aromatic heterocycles. The SMILES string of the molecule is CCOC(=O)N1CCN(C(=O)c2cc3ccc(OC)cc3n2C)CC1. The molecule has 3 rings (SSSR count). The molecule has 0 bridgehead atoms. The second kappa shape index (κ2) is 7.04. The summed E-state index contributed by atoms with van der Waals surface area (Å²) in [6, 6.07) is 7.65. The Labute approximate surface area is 146 Å². The minimum Gasteiger partial charge on any atom is -0.497 e. The minimum absolute atomic E-state index is 0.0267. The highest BCUT2D eigenvalue weighted by Crippen LogP contribution is 2.24. The summed E-state index contributed by atoms with van der Waals surface area (Å²) in [5, 5.41) is 0.997. The first-order valence-corrected chi connectivity index (χ1v) is 8.39. The second-order valence-electron chi connectivity index (χ2n) is 5.99. The van der Waals surface area contributed by atoms with Gasteiger partial charge in [0.1, 0.15) is 11.4 Å². The van der Waals surface area contributed by atoms with E-state index in [1.54, 1.807) is 23.8 Å². The van der Waals surface area contributed by atoms with Crippen LogP contribution in [0.25, 0.3) is 10.9 Å². The van der Waals surface area contributed by atoms with E-state index in [9.17, 15) is 9.59 Å². The summed E-state index contributed by atoms with van der Waals surface area (Å²) in [6.07, 6.45) is -0.314. The van der Waals surface area contributed by atoms with E-state index in [4.69, 9.17) is 9.47 Å². The number of hydrogen-bond acceptors (Lipinski definition) is 4. The largest absolute Gasteiger partial charge is 0.497 e. The van der Waals surface area contributed by atoms with Crippen LogP contribution in [0.4, 0.5) is 4.79 Å². The van der Waals surface area contributed by atoms with E-state index < -0.39 is 0 Å². The Morgan fingerprint density at radius 3 is 2.40 bits per heavy atom. The summed E-state index contributed by atoms with van der Waals surface area (Å²) < 4.78 is 12.2. The fourth-order valence-electron chi connectivity index (χ4n) is 3.11. The van der Waals surface area contributed by atoms with E-state index in [2.05, 4.69) is 0 Å². The molecule has 25 heavy (non-hydrogen) atoms. The first-order valence-electron chi connectivity index (χ1n) is 8.39. The number of hydrogen-bond donors (Lipinski definition) is 0. The Morgan fingerprint density at radius 2 is 1.76 bits per heavy atom. The van der Waals surface area contributed by atoms with Crippen molar-refractivity contribution < 1.29 is 19.1 Å². The van der Waals surface area contributed by atoms with Crippen LogP contribution in [0.15, 0.2) is 24.3 Å². The summed E-state index contributed by atoms with van der Waals surface area (Å²) in [7, 11) is 3.50. The molecule has 7 heteroatoms. The summed E-state index contributed by atoms with van der Waals surface area (Å²) in [5.41, 5.74) is 1.58. The number of aryl methyl sites for hydroxylation is 1. The molecule has 0 N–H and O–H groups in total. The van der Waals surface area contributed by atoms with Crippen LogP contribution in [0.2, 0.25) is 0 Å². The van der Waals surface area contributed by atoms with Crippen LogP contribution >= 0.6 is 0 Å². The van der Waals surface area contributed by atoms with Crippen molar-refractivity contribution in [3.63, 3.8) is 0 Å². The lowest BCUT2D eigenvalue weighted by Gasteiger charge is -2.34. The van der Waals surface area contributed by atoms with Gasteiger partial charge in [-0.3, -0.25) is 4.79 Å². The van der Waals surface area contributed by atoms with Gasteiger partial charge in [0, 0.05) is 44.7 Å². The molecular weight excluding hydrogens is 322 g/mol. The standard InChI is InChI=1S/C18H23N3O4/c1-4-25-18(23)21-9-7-20(8-10-21)17(22)16-11-13-5-6-14(24-3)12-15(13)19(16)2/h5-6,11-12H,4,7-10H2,1-3H3. The maximum atomic E-state index is 12.9. The van der Waals surface area contributed by atoms with E-state index in [1.807, 2.05) is 35.9 Å². The lowest BCUT2D eigenvalue weighted by Crippen LogP contribution is -2.51. The van der Waals surface area contributed by atoms with Crippen LogP contribution in [0.5, 0.6) is 5.75 Å². The molecule has 0 aliphatic carbocycles. The quantitative estimate of drug-likeness (QED) is 0.855. The maximum absolute atomic E-state index is 12.9.